The molecule has 4 rings (SSSR count). The van der Waals surface area contributed by atoms with E-state index in [1.807, 2.05) is 43.3 Å². The van der Waals surface area contributed by atoms with Crippen LogP contribution in [0.1, 0.15) is 16.7 Å². The summed E-state index contributed by atoms with van der Waals surface area (Å²) >= 11 is 6.39. The quantitative estimate of drug-likeness (QED) is 0.459. The Morgan fingerprint density at radius 1 is 0.966 bits per heavy atom. The van der Waals surface area contributed by atoms with E-state index in [2.05, 4.69) is 16.8 Å². The number of rotatable bonds is 1. The van der Waals surface area contributed by atoms with Gasteiger partial charge in [-0.15, -0.1) is 0 Å². The van der Waals surface area contributed by atoms with Gasteiger partial charge in [-0.2, -0.15) is 0 Å². The Hall–Kier alpha value is -3.62. The number of aryl methyl sites for hydroxylation is 2. The smallest absolute Gasteiger partial charge is 0.296 e. The molecule has 142 valence electrons. The molecule has 2 heterocycles. The second-order valence-corrected chi connectivity index (χ2v) is 7.01. The molecule has 0 N–H and O–H groups in total. The zero-order chi connectivity index (χ0) is 20.5. The number of halogens is 1. The molecular formula is C23H16ClN3O2. The van der Waals surface area contributed by atoms with Crippen LogP contribution in [0.5, 0.6) is 0 Å². The maximum Gasteiger partial charge on any atom is 0.337 e. The van der Waals surface area contributed by atoms with E-state index in [0.717, 1.165) is 15.7 Å². The van der Waals surface area contributed by atoms with E-state index in [9.17, 15) is 9.59 Å². The van der Waals surface area contributed by atoms with Gasteiger partial charge in [0, 0.05) is 24.4 Å². The minimum atomic E-state index is -0.505. The van der Waals surface area contributed by atoms with Crippen molar-refractivity contribution < 1.29 is 0 Å². The van der Waals surface area contributed by atoms with Crippen LogP contribution in [0.3, 0.4) is 0 Å². The molecule has 6 heteroatoms. The summed E-state index contributed by atoms with van der Waals surface area (Å²) in [4.78, 5) is 30.2. The van der Waals surface area contributed by atoms with E-state index in [1.54, 1.807) is 25.2 Å². The highest BCUT2D eigenvalue weighted by Crippen LogP contribution is 2.19. The third-order valence-corrected chi connectivity index (χ3v) is 4.92. The number of para-hydroxylation sites is 1. The van der Waals surface area contributed by atoms with Crippen LogP contribution in [0.2, 0.25) is 5.02 Å². The molecule has 0 aliphatic carbocycles. The first-order valence-corrected chi connectivity index (χ1v) is 9.29. The number of benzene rings is 2. The van der Waals surface area contributed by atoms with Gasteiger partial charge in [-0.25, -0.2) is 14.3 Å². The van der Waals surface area contributed by atoms with Gasteiger partial charge in [-0.1, -0.05) is 53.8 Å². The van der Waals surface area contributed by atoms with Crippen LogP contribution in [0.4, 0.5) is 0 Å². The van der Waals surface area contributed by atoms with Crippen LogP contribution < -0.4 is 11.2 Å². The van der Waals surface area contributed by atoms with Crippen molar-refractivity contribution in [1.29, 1.82) is 0 Å². The topological polar surface area (TPSA) is 56.9 Å². The van der Waals surface area contributed by atoms with E-state index in [-0.39, 0.29) is 10.8 Å². The molecule has 0 amide bonds. The minimum Gasteiger partial charge on any atom is -0.296 e. The standard InChI is InChI=1S/C23H16ClN3O2/c1-15-7-6-10-18-20(15)26(2)23(29)27(22(18)28)21-19(24)13-17(14-25-21)12-11-16-8-4-3-5-9-16/h3-10,13-14H,1-2H3. The molecule has 0 saturated carbocycles. The highest BCUT2D eigenvalue weighted by atomic mass is 35.5. The molecule has 0 aliphatic rings. The predicted molar refractivity (Wildman–Crippen MR) is 115 cm³/mol. The molecule has 2 aromatic heterocycles. The molecule has 5 nitrogen and oxygen atoms in total. The molecule has 0 atom stereocenters. The van der Waals surface area contributed by atoms with Crippen molar-refractivity contribution >= 4 is 22.5 Å². The van der Waals surface area contributed by atoms with Gasteiger partial charge in [-0.05, 0) is 36.8 Å². The Balaban J connectivity index is 1.87. The average Bonchev–Trinajstić information content (AvgIpc) is 2.72. The Bertz CT molecular complexity index is 1420. The second-order valence-electron chi connectivity index (χ2n) is 6.60. The summed E-state index contributed by atoms with van der Waals surface area (Å²) < 4.78 is 2.44. The summed E-state index contributed by atoms with van der Waals surface area (Å²) in [6, 6.07) is 16.5. The van der Waals surface area contributed by atoms with E-state index in [1.165, 1.54) is 10.8 Å². The molecule has 0 unspecified atom stereocenters. The molecule has 29 heavy (non-hydrogen) atoms. The van der Waals surface area contributed by atoms with Gasteiger partial charge in [0.05, 0.1) is 15.9 Å². The van der Waals surface area contributed by atoms with Crippen molar-refractivity contribution in [1.82, 2.24) is 14.1 Å². The molecule has 0 radical (unpaired) electrons. The Labute approximate surface area is 171 Å². The number of aromatic nitrogens is 3. The highest BCUT2D eigenvalue weighted by molar-refractivity contribution is 6.32. The minimum absolute atomic E-state index is 0.0888. The summed E-state index contributed by atoms with van der Waals surface area (Å²) in [5.41, 5.74) is 1.93. The van der Waals surface area contributed by atoms with Crippen molar-refractivity contribution in [3.63, 3.8) is 0 Å². The number of pyridine rings is 1. The highest BCUT2D eigenvalue weighted by Gasteiger charge is 2.17. The number of hydrogen-bond acceptors (Lipinski definition) is 3. The molecule has 2 aromatic carbocycles. The van der Waals surface area contributed by atoms with Crippen LogP contribution in [-0.2, 0) is 7.05 Å². The Kier molecular flexibility index (Phi) is 4.79. The first kappa shape index (κ1) is 18.7. The van der Waals surface area contributed by atoms with E-state index >= 15 is 0 Å². The average molecular weight is 402 g/mol. The molecule has 4 aromatic rings. The van der Waals surface area contributed by atoms with Gasteiger partial charge in [0.25, 0.3) is 5.56 Å². The van der Waals surface area contributed by atoms with Gasteiger partial charge in [0.2, 0.25) is 0 Å². The summed E-state index contributed by atoms with van der Waals surface area (Å²) in [5, 5.41) is 0.606. The van der Waals surface area contributed by atoms with Crippen LogP contribution in [0.25, 0.3) is 16.7 Å². The fraction of sp³-hybridized carbons (Fsp3) is 0.0870. The zero-order valence-electron chi connectivity index (χ0n) is 15.8. The lowest BCUT2D eigenvalue weighted by Crippen LogP contribution is -2.38. The second kappa shape index (κ2) is 7.42. The van der Waals surface area contributed by atoms with Crippen LogP contribution in [0, 0.1) is 18.8 Å². The zero-order valence-corrected chi connectivity index (χ0v) is 16.6. The summed E-state index contributed by atoms with van der Waals surface area (Å²) in [6.45, 7) is 1.86. The summed E-state index contributed by atoms with van der Waals surface area (Å²) in [5.74, 6) is 6.11. The number of nitrogens with zero attached hydrogens (tertiary/aromatic N) is 3. The lowest BCUT2D eigenvalue weighted by molar-refractivity contribution is 0.759. The monoisotopic (exact) mass is 401 g/mol. The van der Waals surface area contributed by atoms with Gasteiger partial charge in [0.1, 0.15) is 0 Å². The van der Waals surface area contributed by atoms with Gasteiger partial charge in [0.15, 0.2) is 5.82 Å². The van der Waals surface area contributed by atoms with Crippen LogP contribution >= 0.6 is 11.6 Å². The van der Waals surface area contributed by atoms with Gasteiger partial charge < -0.3 is 0 Å². The van der Waals surface area contributed by atoms with E-state index in [0.29, 0.717) is 16.5 Å². The van der Waals surface area contributed by atoms with Crippen molar-refractivity contribution in [3.8, 4) is 17.7 Å². The van der Waals surface area contributed by atoms with Crippen LogP contribution in [0.15, 0.2) is 70.4 Å². The normalized spacial score (nSPS) is 10.6. The lowest BCUT2D eigenvalue weighted by Gasteiger charge is -2.12. The predicted octanol–water partition coefficient (Wildman–Crippen LogP) is 3.45. The SMILES string of the molecule is Cc1cccc2c(=O)n(-c3ncc(C#Cc4ccccc4)cc3Cl)c(=O)n(C)c12. The molecular weight excluding hydrogens is 386 g/mol. The molecule has 0 spiro atoms. The fourth-order valence-electron chi connectivity index (χ4n) is 3.25. The summed E-state index contributed by atoms with van der Waals surface area (Å²) in [6.07, 6.45) is 1.50. The third-order valence-electron chi connectivity index (χ3n) is 4.64. The maximum atomic E-state index is 13.0. The van der Waals surface area contributed by atoms with Crippen LogP contribution in [-0.4, -0.2) is 14.1 Å². The summed E-state index contributed by atoms with van der Waals surface area (Å²) in [7, 11) is 1.63. The first-order chi connectivity index (χ1) is 14.0. The molecule has 0 fully saturated rings. The van der Waals surface area contributed by atoms with Crippen molar-refractivity contribution in [2.24, 2.45) is 7.05 Å². The Morgan fingerprint density at radius 2 is 1.69 bits per heavy atom. The first-order valence-electron chi connectivity index (χ1n) is 8.92. The molecule has 0 bridgehead atoms. The van der Waals surface area contributed by atoms with E-state index < -0.39 is 11.2 Å². The maximum absolute atomic E-state index is 13.0. The largest absolute Gasteiger partial charge is 0.337 e. The fourth-order valence-corrected chi connectivity index (χ4v) is 3.50. The van der Waals surface area contributed by atoms with E-state index in [4.69, 9.17) is 11.6 Å². The lowest BCUT2D eigenvalue weighted by atomic mass is 10.1. The van der Waals surface area contributed by atoms with Crippen molar-refractivity contribution in [3.05, 3.63) is 103 Å². The Morgan fingerprint density at radius 3 is 2.41 bits per heavy atom. The van der Waals surface area contributed by atoms with Gasteiger partial charge >= 0.3 is 5.69 Å². The number of fused-ring (bicyclic) bond motifs is 1. The molecule has 0 aliphatic heterocycles. The van der Waals surface area contributed by atoms with Crippen molar-refractivity contribution in [2.75, 3.05) is 0 Å². The third kappa shape index (κ3) is 3.35. The van der Waals surface area contributed by atoms with Gasteiger partial charge in [-0.3, -0.25) is 9.36 Å². The molecule has 0 saturated heterocycles. The number of hydrogen-bond donors (Lipinski definition) is 0. The van der Waals surface area contributed by atoms with Crippen molar-refractivity contribution in [2.45, 2.75) is 6.92 Å².